The standard InChI is InChI=1S/C13H17N5.C2H6.CH4O/c1-11-12(17-9-6-14-7-10-17)3-4-13(16-11)18-8-2-5-15-18;2*1-2/h2-5,8,14H,6-7,9-10H2,1H3;1-2H3;2H,1H3. The van der Waals surface area contributed by atoms with E-state index in [-0.39, 0.29) is 0 Å². The number of pyridine rings is 1. The van der Waals surface area contributed by atoms with Crippen molar-refractivity contribution in [2.24, 2.45) is 0 Å². The first-order valence-corrected chi connectivity index (χ1v) is 7.72. The second-order valence-corrected chi connectivity index (χ2v) is 4.46. The molecule has 0 saturated carbocycles. The Hall–Kier alpha value is -1.92. The largest absolute Gasteiger partial charge is 0.400 e. The van der Waals surface area contributed by atoms with Crippen molar-refractivity contribution < 1.29 is 5.11 Å². The third-order valence-electron chi connectivity index (χ3n) is 3.24. The van der Waals surface area contributed by atoms with Crippen molar-refractivity contribution in [3.63, 3.8) is 0 Å². The van der Waals surface area contributed by atoms with Crippen LogP contribution in [0.2, 0.25) is 0 Å². The van der Waals surface area contributed by atoms with Crippen molar-refractivity contribution in [3.05, 3.63) is 36.3 Å². The lowest BCUT2D eigenvalue weighted by Crippen LogP contribution is -2.43. The molecule has 0 unspecified atom stereocenters. The van der Waals surface area contributed by atoms with Crippen molar-refractivity contribution in [2.75, 3.05) is 38.2 Å². The fraction of sp³-hybridized carbons (Fsp3) is 0.500. The highest BCUT2D eigenvalue weighted by Crippen LogP contribution is 2.20. The van der Waals surface area contributed by atoms with E-state index >= 15 is 0 Å². The molecule has 0 atom stereocenters. The maximum absolute atomic E-state index is 7.00. The summed E-state index contributed by atoms with van der Waals surface area (Å²) in [6.07, 6.45) is 3.67. The topological polar surface area (TPSA) is 66.2 Å². The fourth-order valence-electron chi connectivity index (χ4n) is 2.31. The highest BCUT2D eigenvalue weighted by molar-refractivity contribution is 5.52. The first kappa shape index (κ1) is 18.1. The van der Waals surface area contributed by atoms with Crippen molar-refractivity contribution in [3.8, 4) is 5.82 Å². The van der Waals surface area contributed by atoms with Crippen LogP contribution in [0, 0.1) is 6.92 Å². The summed E-state index contributed by atoms with van der Waals surface area (Å²) in [5.41, 5.74) is 2.29. The molecule has 0 aliphatic carbocycles. The van der Waals surface area contributed by atoms with Crippen LogP contribution in [0.4, 0.5) is 5.69 Å². The molecular formula is C16H27N5O. The Kier molecular flexibility index (Phi) is 8.17. The molecular weight excluding hydrogens is 278 g/mol. The van der Waals surface area contributed by atoms with Crippen molar-refractivity contribution in [1.29, 1.82) is 0 Å². The number of anilines is 1. The van der Waals surface area contributed by atoms with E-state index in [2.05, 4.69) is 33.3 Å². The van der Waals surface area contributed by atoms with Crippen LogP contribution in [0.3, 0.4) is 0 Å². The molecule has 0 bridgehead atoms. The lowest BCUT2D eigenvalue weighted by Gasteiger charge is -2.30. The first-order chi connectivity index (χ1) is 10.8. The summed E-state index contributed by atoms with van der Waals surface area (Å²) >= 11 is 0. The van der Waals surface area contributed by atoms with Crippen LogP contribution in [0.15, 0.2) is 30.6 Å². The maximum Gasteiger partial charge on any atom is 0.153 e. The Bertz CT molecular complexity index is 521. The van der Waals surface area contributed by atoms with Crippen molar-refractivity contribution in [1.82, 2.24) is 20.1 Å². The van der Waals surface area contributed by atoms with Crippen LogP contribution < -0.4 is 10.2 Å². The van der Waals surface area contributed by atoms with E-state index in [1.54, 1.807) is 10.9 Å². The van der Waals surface area contributed by atoms with Crippen LogP contribution in [0.1, 0.15) is 19.5 Å². The van der Waals surface area contributed by atoms with Crippen LogP contribution in [-0.2, 0) is 0 Å². The number of aliphatic hydroxyl groups is 1. The zero-order chi connectivity index (χ0) is 16.4. The van der Waals surface area contributed by atoms with Crippen molar-refractivity contribution in [2.45, 2.75) is 20.8 Å². The number of aliphatic hydroxyl groups excluding tert-OH is 1. The predicted molar refractivity (Wildman–Crippen MR) is 90.7 cm³/mol. The smallest absolute Gasteiger partial charge is 0.153 e. The van der Waals surface area contributed by atoms with Gasteiger partial charge in [0.25, 0.3) is 0 Å². The fourth-order valence-corrected chi connectivity index (χ4v) is 2.31. The second kappa shape index (κ2) is 9.92. The number of rotatable bonds is 2. The summed E-state index contributed by atoms with van der Waals surface area (Å²) in [6.45, 7) is 10.2. The lowest BCUT2D eigenvalue weighted by atomic mass is 10.2. The van der Waals surface area contributed by atoms with Gasteiger partial charge in [-0.3, -0.25) is 0 Å². The maximum atomic E-state index is 7.00. The Morgan fingerprint density at radius 3 is 2.36 bits per heavy atom. The normalized spacial score (nSPS) is 13.6. The molecule has 22 heavy (non-hydrogen) atoms. The van der Waals surface area contributed by atoms with Gasteiger partial charge in [0, 0.05) is 45.7 Å². The highest BCUT2D eigenvalue weighted by Gasteiger charge is 2.13. The van der Waals surface area contributed by atoms with E-state index in [1.807, 2.05) is 32.2 Å². The average molecular weight is 305 g/mol. The van der Waals surface area contributed by atoms with E-state index in [9.17, 15) is 0 Å². The Morgan fingerprint density at radius 2 is 1.82 bits per heavy atom. The highest BCUT2D eigenvalue weighted by atomic mass is 16.2. The van der Waals surface area contributed by atoms with Gasteiger partial charge < -0.3 is 15.3 Å². The minimum atomic E-state index is 0.872. The molecule has 122 valence electrons. The van der Waals surface area contributed by atoms with E-state index in [0.29, 0.717) is 0 Å². The van der Waals surface area contributed by atoms with Crippen LogP contribution in [-0.4, -0.2) is 53.2 Å². The first-order valence-electron chi connectivity index (χ1n) is 7.72. The van der Waals surface area contributed by atoms with Gasteiger partial charge in [-0.1, -0.05) is 13.8 Å². The van der Waals surface area contributed by atoms with Gasteiger partial charge in [-0.25, -0.2) is 9.67 Å². The van der Waals surface area contributed by atoms with Crippen LogP contribution in [0.5, 0.6) is 0 Å². The molecule has 3 rings (SSSR count). The molecule has 2 aromatic rings. The summed E-state index contributed by atoms with van der Waals surface area (Å²) in [5, 5.41) is 14.6. The number of aromatic nitrogens is 3. The summed E-state index contributed by atoms with van der Waals surface area (Å²) in [6, 6.07) is 6.07. The zero-order valence-corrected chi connectivity index (χ0v) is 14.0. The minimum Gasteiger partial charge on any atom is -0.400 e. The van der Waals surface area contributed by atoms with Gasteiger partial charge >= 0.3 is 0 Å². The van der Waals surface area contributed by atoms with Crippen LogP contribution >= 0.6 is 0 Å². The van der Waals surface area contributed by atoms with Crippen LogP contribution in [0.25, 0.3) is 5.82 Å². The van der Waals surface area contributed by atoms with Gasteiger partial charge in [0.05, 0.1) is 11.4 Å². The quantitative estimate of drug-likeness (QED) is 0.882. The summed E-state index contributed by atoms with van der Waals surface area (Å²) < 4.78 is 1.79. The van der Waals surface area contributed by atoms with E-state index < -0.39 is 0 Å². The van der Waals surface area contributed by atoms with Crippen molar-refractivity contribution >= 4 is 5.69 Å². The molecule has 1 aliphatic heterocycles. The number of aryl methyl sites for hydroxylation is 1. The molecule has 0 radical (unpaired) electrons. The molecule has 0 aromatic carbocycles. The molecule has 0 spiro atoms. The predicted octanol–water partition coefficient (Wildman–Crippen LogP) is 1.62. The Morgan fingerprint density at radius 1 is 1.14 bits per heavy atom. The monoisotopic (exact) mass is 305 g/mol. The molecule has 2 N–H and O–H groups in total. The molecule has 1 fully saturated rings. The molecule has 6 nitrogen and oxygen atoms in total. The molecule has 1 saturated heterocycles. The molecule has 3 heterocycles. The number of nitrogens with one attached hydrogen (secondary N) is 1. The number of hydrogen-bond donors (Lipinski definition) is 2. The lowest BCUT2D eigenvalue weighted by molar-refractivity contribution is 0.399. The van der Waals surface area contributed by atoms with Gasteiger partial charge in [-0.2, -0.15) is 5.10 Å². The molecule has 6 heteroatoms. The zero-order valence-electron chi connectivity index (χ0n) is 14.0. The summed E-state index contributed by atoms with van der Waals surface area (Å²) in [5.74, 6) is 0.872. The van der Waals surface area contributed by atoms with Gasteiger partial charge in [0.1, 0.15) is 0 Å². The van der Waals surface area contributed by atoms with Gasteiger partial charge in [0.2, 0.25) is 0 Å². The van der Waals surface area contributed by atoms with E-state index in [1.165, 1.54) is 5.69 Å². The number of hydrogen-bond acceptors (Lipinski definition) is 5. The minimum absolute atomic E-state index is 0.872. The third kappa shape index (κ3) is 4.54. The Balaban J connectivity index is 0.000000561. The second-order valence-electron chi connectivity index (χ2n) is 4.46. The SMILES string of the molecule is CC.CO.Cc1nc(-n2cccn2)ccc1N1CCNCC1. The summed E-state index contributed by atoms with van der Waals surface area (Å²) in [4.78, 5) is 7.01. The van der Waals surface area contributed by atoms with E-state index in [4.69, 9.17) is 5.11 Å². The van der Waals surface area contributed by atoms with Gasteiger partial charge in [0.15, 0.2) is 5.82 Å². The van der Waals surface area contributed by atoms with E-state index in [0.717, 1.165) is 44.8 Å². The van der Waals surface area contributed by atoms with Gasteiger partial charge in [-0.15, -0.1) is 0 Å². The summed E-state index contributed by atoms with van der Waals surface area (Å²) in [7, 11) is 1.00. The number of piperazine rings is 1. The Labute approximate surface area is 132 Å². The molecule has 2 aromatic heterocycles. The molecule has 1 aliphatic rings. The third-order valence-corrected chi connectivity index (χ3v) is 3.24. The molecule has 0 amide bonds. The number of nitrogens with zero attached hydrogens (tertiary/aromatic N) is 4. The van der Waals surface area contributed by atoms with Gasteiger partial charge in [-0.05, 0) is 25.1 Å². The average Bonchev–Trinajstić information content (AvgIpc) is 3.14.